The van der Waals surface area contributed by atoms with Crippen molar-refractivity contribution in [3.8, 4) is 0 Å². The van der Waals surface area contributed by atoms with Crippen molar-refractivity contribution in [1.82, 2.24) is 4.57 Å². The van der Waals surface area contributed by atoms with E-state index >= 15 is 0 Å². The van der Waals surface area contributed by atoms with Crippen LogP contribution >= 0.6 is 11.6 Å². The molecule has 0 bridgehead atoms. The maximum Gasteiger partial charge on any atom is 0.323 e. The lowest BCUT2D eigenvalue weighted by atomic mass is 10.2. The Bertz CT molecular complexity index is 634. The maximum atomic E-state index is 12.5. The van der Waals surface area contributed by atoms with Gasteiger partial charge < -0.3 is 9.67 Å². The number of hydrogen-bond donors (Lipinski definition) is 1. The average molecular weight is 293 g/mol. The van der Waals surface area contributed by atoms with Gasteiger partial charge in [0.05, 0.1) is 0 Å². The monoisotopic (exact) mass is 292 g/mol. The van der Waals surface area contributed by atoms with Gasteiger partial charge in [-0.25, -0.2) is 0 Å². The molecule has 0 saturated carbocycles. The van der Waals surface area contributed by atoms with E-state index < -0.39 is 12.5 Å². The number of rotatable bonds is 4. The Labute approximate surface area is 121 Å². The zero-order chi connectivity index (χ0) is 14.7. The van der Waals surface area contributed by atoms with Gasteiger partial charge in [0.2, 0.25) is 0 Å². The van der Waals surface area contributed by atoms with E-state index in [1.54, 1.807) is 54.2 Å². The van der Waals surface area contributed by atoms with E-state index in [1.807, 2.05) is 0 Å². The molecular weight excluding hydrogens is 280 g/mol. The fraction of sp³-hybridized carbons (Fsp3) is 0.143. The van der Waals surface area contributed by atoms with Gasteiger partial charge in [-0.3, -0.25) is 14.5 Å². The van der Waals surface area contributed by atoms with Crippen LogP contribution < -0.4 is 4.90 Å². The molecule has 0 aliphatic rings. The first-order valence-electron chi connectivity index (χ1n) is 5.89. The van der Waals surface area contributed by atoms with E-state index in [-0.39, 0.29) is 5.91 Å². The molecule has 0 aliphatic heterocycles. The van der Waals surface area contributed by atoms with E-state index in [9.17, 15) is 9.59 Å². The molecule has 2 aromatic rings. The van der Waals surface area contributed by atoms with Crippen molar-refractivity contribution < 1.29 is 14.7 Å². The maximum absolute atomic E-state index is 12.5. The normalized spacial score (nSPS) is 10.3. The van der Waals surface area contributed by atoms with Crippen LogP contribution in [0, 0.1) is 0 Å². The Balaban J connectivity index is 2.37. The second kappa shape index (κ2) is 5.79. The summed E-state index contributed by atoms with van der Waals surface area (Å²) in [5, 5.41) is 9.51. The fourth-order valence-corrected chi connectivity index (χ4v) is 1.98. The van der Waals surface area contributed by atoms with E-state index in [1.165, 1.54) is 4.90 Å². The lowest BCUT2D eigenvalue weighted by molar-refractivity contribution is -0.135. The summed E-state index contributed by atoms with van der Waals surface area (Å²) in [5.41, 5.74) is 0.907. The Morgan fingerprint density at radius 3 is 2.40 bits per heavy atom. The van der Waals surface area contributed by atoms with Crippen LogP contribution in [-0.4, -0.2) is 28.1 Å². The SMILES string of the molecule is Cn1cccc1C(=O)N(CC(=O)O)c1ccc(Cl)cc1. The Morgan fingerprint density at radius 2 is 1.90 bits per heavy atom. The summed E-state index contributed by atoms with van der Waals surface area (Å²) in [4.78, 5) is 24.6. The number of aryl methyl sites for hydroxylation is 1. The molecule has 1 aromatic heterocycles. The van der Waals surface area contributed by atoms with Crippen LogP contribution in [0.5, 0.6) is 0 Å². The number of carboxylic acids is 1. The first-order valence-corrected chi connectivity index (χ1v) is 6.27. The van der Waals surface area contributed by atoms with Gasteiger partial charge in [0.1, 0.15) is 12.2 Å². The van der Waals surface area contributed by atoms with E-state index in [0.29, 0.717) is 16.4 Å². The third-order valence-corrected chi connectivity index (χ3v) is 3.09. The number of amides is 1. The molecule has 5 nitrogen and oxygen atoms in total. The number of carbonyl (C=O) groups excluding carboxylic acids is 1. The molecule has 0 saturated heterocycles. The minimum atomic E-state index is -1.08. The quantitative estimate of drug-likeness (QED) is 0.941. The molecule has 1 aromatic carbocycles. The molecule has 0 aliphatic carbocycles. The molecule has 104 valence electrons. The minimum Gasteiger partial charge on any atom is -0.480 e. The van der Waals surface area contributed by atoms with E-state index in [4.69, 9.17) is 16.7 Å². The van der Waals surface area contributed by atoms with Crippen molar-refractivity contribution in [2.75, 3.05) is 11.4 Å². The third kappa shape index (κ3) is 3.00. The van der Waals surface area contributed by atoms with Crippen molar-refractivity contribution in [1.29, 1.82) is 0 Å². The summed E-state index contributed by atoms with van der Waals surface area (Å²) in [7, 11) is 1.73. The van der Waals surface area contributed by atoms with Crippen LogP contribution in [0.1, 0.15) is 10.5 Å². The van der Waals surface area contributed by atoms with Gasteiger partial charge in [-0.15, -0.1) is 0 Å². The predicted molar refractivity (Wildman–Crippen MR) is 76.2 cm³/mol. The second-order valence-electron chi connectivity index (χ2n) is 4.27. The summed E-state index contributed by atoms with van der Waals surface area (Å²) in [5.74, 6) is -1.45. The van der Waals surface area contributed by atoms with Crippen molar-refractivity contribution in [2.45, 2.75) is 0 Å². The number of aromatic nitrogens is 1. The van der Waals surface area contributed by atoms with Gasteiger partial charge >= 0.3 is 5.97 Å². The molecule has 6 heteroatoms. The first-order chi connectivity index (χ1) is 9.49. The van der Waals surface area contributed by atoms with E-state index in [2.05, 4.69) is 0 Å². The largest absolute Gasteiger partial charge is 0.480 e. The van der Waals surface area contributed by atoms with Gasteiger partial charge in [-0.1, -0.05) is 11.6 Å². The molecule has 2 rings (SSSR count). The number of nitrogens with zero attached hydrogens (tertiary/aromatic N) is 2. The van der Waals surface area contributed by atoms with E-state index in [0.717, 1.165) is 0 Å². The number of anilines is 1. The highest BCUT2D eigenvalue weighted by Gasteiger charge is 2.22. The van der Waals surface area contributed by atoms with Crippen LogP contribution in [-0.2, 0) is 11.8 Å². The van der Waals surface area contributed by atoms with Gasteiger partial charge in [0.15, 0.2) is 0 Å². The highest BCUT2D eigenvalue weighted by Crippen LogP contribution is 2.20. The summed E-state index contributed by atoms with van der Waals surface area (Å²) in [6.45, 7) is -0.411. The standard InChI is InChI=1S/C14H13ClN2O3/c1-16-8-2-3-12(16)14(20)17(9-13(18)19)11-6-4-10(15)5-7-11/h2-8H,9H2,1H3,(H,18,19). The van der Waals surface area contributed by atoms with Crippen LogP contribution in [0.2, 0.25) is 5.02 Å². The zero-order valence-corrected chi connectivity index (χ0v) is 11.5. The molecule has 1 amide bonds. The fourth-order valence-electron chi connectivity index (χ4n) is 1.86. The molecule has 1 heterocycles. The van der Waals surface area contributed by atoms with Crippen molar-refractivity contribution in [2.24, 2.45) is 7.05 Å². The molecule has 20 heavy (non-hydrogen) atoms. The Morgan fingerprint density at radius 1 is 1.25 bits per heavy atom. The average Bonchev–Trinajstić information content (AvgIpc) is 2.82. The third-order valence-electron chi connectivity index (χ3n) is 2.84. The van der Waals surface area contributed by atoms with Gasteiger partial charge in [0.25, 0.3) is 5.91 Å². The molecular formula is C14H13ClN2O3. The number of carbonyl (C=O) groups is 2. The van der Waals surface area contributed by atoms with Crippen molar-refractivity contribution in [3.63, 3.8) is 0 Å². The molecule has 0 fully saturated rings. The van der Waals surface area contributed by atoms with Crippen LogP contribution in [0.25, 0.3) is 0 Å². The lowest BCUT2D eigenvalue weighted by Gasteiger charge is -2.21. The Kier molecular flexibility index (Phi) is 4.10. The zero-order valence-electron chi connectivity index (χ0n) is 10.8. The summed E-state index contributed by atoms with van der Waals surface area (Å²) in [6.07, 6.45) is 1.73. The first kappa shape index (κ1) is 14.1. The highest BCUT2D eigenvalue weighted by atomic mass is 35.5. The Hall–Kier alpha value is -2.27. The minimum absolute atomic E-state index is 0.373. The van der Waals surface area contributed by atoms with Crippen molar-refractivity contribution in [3.05, 3.63) is 53.3 Å². The number of halogens is 1. The number of carboxylic acid groups (broad SMARTS) is 1. The molecule has 0 unspecified atom stereocenters. The van der Waals surface area contributed by atoms with Gasteiger partial charge in [-0.05, 0) is 36.4 Å². The molecule has 0 radical (unpaired) electrons. The summed E-state index contributed by atoms with van der Waals surface area (Å²) >= 11 is 5.80. The van der Waals surface area contributed by atoms with Crippen LogP contribution in [0.4, 0.5) is 5.69 Å². The molecule has 0 atom stereocenters. The summed E-state index contributed by atoms with van der Waals surface area (Å²) in [6, 6.07) is 9.84. The number of hydrogen-bond acceptors (Lipinski definition) is 2. The van der Waals surface area contributed by atoms with Gasteiger partial charge in [-0.2, -0.15) is 0 Å². The predicted octanol–water partition coefficient (Wildman–Crippen LogP) is 2.41. The van der Waals surface area contributed by atoms with Crippen molar-refractivity contribution >= 4 is 29.2 Å². The lowest BCUT2D eigenvalue weighted by Crippen LogP contribution is -2.36. The number of aliphatic carboxylic acids is 1. The topological polar surface area (TPSA) is 62.5 Å². The molecule has 0 spiro atoms. The number of benzene rings is 1. The summed E-state index contributed by atoms with van der Waals surface area (Å²) < 4.78 is 1.65. The highest BCUT2D eigenvalue weighted by molar-refractivity contribution is 6.30. The van der Waals surface area contributed by atoms with Gasteiger partial charge in [0, 0.05) is 24.0 Å². The van der Waals surface area contributed by atoms with Crippen LogP contribution in [0.3, 0.4) is 0 Å². The molecule has 1 N–H and O–H groups in total. The van der Waals surface area contributed by atoms with Crippen LogP contribution in [0.15, 0.2) is 42.6 Å². The smallest absolute Gasteiger partial charge is 0.323 e. The second-order valence-corrected chi connectivity index (χ2v) is 4.70.